The number of rotatable bonds is 8. The molecule has 1 heterocycles. The number of nitro groups is 1. The topological polar surface area (TPSA) is 110 Å². The molecule has 1 unspecified atom stereocenters. The second-order valence-corrected chi connectivity index (χ2v) is 8.74. The molecule has 0 radical (unpaired) electrons. The van der Waals surface area contributed by atoms with Gasteiger partial charge in [0.2, 0.25) is 16.5 Å². The van der Waals surface area contributed by atoms with Gasteiger partial charge < -0.3 is 14.5 Å². The molecule has 0 aromatic heterocycles. The van der Waals surface area contributed by atoms with Crippen molar-refractivity contribution < 1.29 is 24.0 Å². The van der Waals surface area contributed by atoms with Crippen LogP contribution in [0.4, 0.5) is 11.4 Å². The average molecular weight is 478 g/mol. The Kier molecular flexibility index (Phi) is 7.37. The number of benzene rings is 2. The lowest BCUT2D eigenvalue weighted by molar-refractivity contribution is -0.384. The van der Waals surface area contributed by atoms with Crippen LogP contribution < -0.4 is 4.90 Å². The zero-order valence-corrected chi connectivity index (χ0v) is 18.8. The number of nitrogens with zero attached hydrogens (tertiary/aromatic N) is 3. The molecule has 2 aromatic carbocycles. The highest BCUT2D eigenvalue weighted by Crippen LogP contribution is 2.35. The van der Waals surface area contributed by atoms with Crippen molar-refractivity contribution in [3.8, 4) is 0 Å². The molecule has 32 heavy (non-hydrogen) atoms. The summed E-state index contributed by atoms with van der Waals surface area (Å²) in [6.07, 6.45) is 0.0859. The molecule has 1 aliphatic heterocycles. The van der Waals surface area contributed by atoms with Crippen LogP contribution in [0.5, 0.6) is 0 Å². The lowest BCUT2D eigenvalue weighted by Crippen LogP contribution is -2.57. The molecule has 9 nitrogen and oxygen atoms in total. The number of non-ortho nitro benzene ring substituents is 1. The molecule has 1 amide bonds. The Bertz CT molecular complexity index is 1050. The predicted molar refractivity (Wildman–Crippen MR) is 120 cm³/mol. The molecule has 2 atom stereocenters. The number of thioether (sulfide) groups is 1. The molecule has 1 aliphatic rings. The second-order valence-electron chi connectivity index (χ2n) is 7.18. The van der Waals surface area contributed by atoms with E-state index >= 15 is 0 Å². The molecule has 0 bridgehead atoms. The van der Waals surface area contributed by atoms with Gasteiger partial charge in [0.25, 0.3) is 5.69 Å². The van der Waals surface area contributed by atoms with Crippen LogP contribution in [0.2, 0.25) is 0 Å². The van der Waals surface area contributed by atoms with E-state index in [2.05, 4.69) is 0 Å². The molecule has 1 saturated heterocycles. The number of hydrogen-bond acceptors (Lipinski definition) is 8. The van der Waals surface area contributed by atoms with Gasteiger partial charge in [-0.3, -0.25) is 19.7 Å². The van der Waals surface area contributed by atoms with Crippen LogP contribution in [-0.2, 0) is 20.9 Å². The Labute approximate surface area is 193 Å². The maximum absolute atomic E-state index is 12.7. The molecule has 0 N–H and O–H groups in total. The molecule has 11 heteroatoms. The maximum Gasteiger partial charge on any atom is 0.345 e. The largest absolute Gasteiger partial charge is 0.458 e. The molecular formula is C21H20ClN3O6S. The van der Waals surface area contributed by atoms with Gasteiger partial charge in [0.15, 0.2) is 0 Å². The van der Waals surface area contributed by atoms with Crippen molar-refractivity contribution in [1.29, 1.82) is 0 Å². The van der Waals surface area contributed by atoms with Gasteiger partial charge in [-0.1, -0.05) is 35.5 Å². The van der Waals surface area contributed by atoms with Crippen molar-refractivity contribution in [1.82, 2.24) is 4.90 Å². The van der Waals surface area contributed by atoms with E-state index in [1.807, 2.05) is 25.1 Å². The molecule has 3 rings (SSSR count). The Hall–Kier alpha value is -3.11. The van der Waals surface area contributed by atoms with Gasteiger partial charge in [-0.05, 0) is 29.8 Å². The van der Waals surface area contributed by atoms with Gasteiger partial charge in [-0.2, -0.15) is 0 Å². The number of β-lactam (4-membered cyclic amide) rings is 1. The van der Waals surface area contributed by atoms with E-state index in [1.54, 1.807) is 18.2 Å². The quantitative estimate of drug-likeness (QED) is 0.142. The summed E-state index contributed by atoms with van der Waals surface area (Å²) in [6.45, 7) is -0.157. The van der Waals surface area contributed by atoms with Gasteiger partial charge in [-0.25, -0.2) is 4.79 Å². The smallest absolute Gasteiger partial charge is 0.345 e. The zero-order chi connectivity index (χ0) is 23.4. The van der Waals surface area contributed by atoms with Crippen molar-refractivity contribution in [3.05, 3.63) is 69.8 Å². The molecule has 2 aromatic rings. The Morgan fingerprint density at radius 1 is 1.28 bits per heavy atom. The SMILES string of the molecule is CN(C)c1cccc(C(=O)S[C@@H]2CC(=O)N2C(Cl)C(=O)OCc2ccc([N+](=O)[O-])cc2)c1. The van der Waals surface area contributed by atoms with Crippen LogP contribution in [0.15, 0.2) is 48.5 Å². The fourth-order valence-corrected chi connectivity index (χ4v) is 4.39. The first-order chi connectivity index (χ1) is 15.2. The molecule has 0 saturated carbocycles. The van der Waals surface area contributed by atoms with Gasteiger partial charge in [0, 0.05) is 37.5 Å². The van der Waals surface area contributed by atoms with Crippen LogP contribution >= 0.6 is 23.4 Å². The lowest BCUT2D eigenvalue weighted by atomic mass is 10.2. The van der Waals surface area contributed by atoms with E-state index in [0.717, 1.165) is 22.3 Å². The Morgan fingerprint density at radius 2 is 1.97 bits per heavy atom. The van der Waals surface area contributed by atoms with E-state index < -0.39 is 21.8 Å². The monoisotopic (exact) mass is 477 g/mol. The van der Waals surface area contributed by atoms with Gasteiger partial charge >= 0.3 is 5.97 Å². The molecule has 0 aliphatic carbocycles. The maximum atomic E-state index is 12.7. The number of carbonyl (C=O) groups is 3. The number of halogens is 1. The third-order valence-electron chi connectivity index (χ3n) is 4.76. The number of likely N-dealkylation sites (tertiary alicyclic amines) is 1. The first-order valence-corrected chi connectivity index (χ1v) is 10.8. The Balaban J connectivity index is 1.58. The standard InChI is InChI=1S/C21H20ClN3O6S/c1-23(2)16-5-3-4-14(10-16)21(28)32-18-11-17(26)24(18)19(22)20(27)31-12-13-6-8-15(9-7-13)25(29)30/h3-10,18-19H,11-12H2,1-2H3/t18-,19?/m1/s1. The number of nitro benzene ring substituents is 1. The normalized spacial score (nSPS) is 16.2. The van der Waals surface area contributed by atoms with Gasteiger partial charge in [0.05, 0.1) is 16.7 Å². The summed E-state index contributed by atoms with van der Waals surface area (Å²) in [5, 5.41) is 9.88. The molecular weight excluding hydrogens is 458 g/mol. The third-order valence-corrected chi connectivity index (χ3v) is 6.26. The molecule has 168 valence electrons. The average Bonchev–Trinajstić information content (AvgIpc) is 2.77. The number of anilines is 1. The van der Waals surface area contributed by atoms with E-state index in [1.165, 1.54) is 24.3 Å². The lowest BCUT2D eigenvalue weighted by Gasteiger charge is -2.41. The first kappa shape index (κ1) is 23.6. The Morgan fingerprint density at radius 3 is 2.56 bits per heavy atom. The predicted octanol–water partition coefficient (Wildman–Crippen LogP) is 3.40. The number of carbonyl (C=O) groups excluding carboxylic acids is 3. The van der Waals surface area contributed by atoms with Gasteiger partial charge in [-0.15, -0.1) is 0 Å². The van der Waals surface area contributed by atoms with Crippen LogP contribution in [0, 0.1) is 10.1 Å². The number of hydrogen-bond donors (Lipinski definition) is 0. The van der Waals surface area contributed by atoms with Crippen LogP contribution in [0.25, 0.3) is 0 Å². The minimum Gasteiger partial charge on any atom is -0.458 e. The van der Waals surface area contributed by atoms with E-state index in [-0.39, 0.29) is 29.7 Å². The number of amides is 1. The van der Waals surface area contributed by atoms with Crippen molar-refractivity contribution >= 4 is 51.7 Å². The van der Waals surface area contributed by atoms with Crippen LogP contribution in [0.3, 0.4) is 0 Å². The minimum atomic E-state index is -1.38. The van der Waals surface area contributed by atoms with Crippen molar-refractivity contribution in [3.63, 3.8) is 0 Å². The first-order valence-electron chi connectivity index (χ1n) is 9.51. The van der Waals surface area contributed by atoms with E-state index in [0.29, 0.717) is 11.1 Å². The fourth-order valence-electron chi connectivity index (χ4n) is 2.93. The summed E-state index contributed by atoms with van der Waals surface area (Å²) >= 11 is 7.09. The fraction of sp³-hybridized carbons (Fsp3) is 0.286. The van der Waals surface area contributed by atoms with E-state index in [4.69, 9.17) is 16.3 Å². The summed E-state index contributed by atoms with van der Waals surface area (Å²) in [7, 11) is 3.73. The number of ether oxygens (including phenoxy) is 1. The zero-order valence-electron chi connectivity index (χ0n) is 17.3. The summed E-state index contributed by atoms with van der Waals surface area (Å²) in [5.74, 6) is -1.20. The van der Waals surface area contributed by atoms with Crippen molar-refractivity contribution in [2.75, 3.05) is 19.0 Å². The molecule has 1 fully saturated rings. The molecule has 0 spiro atoms. The van der Waals surface area contributed by atoms with Crippen LogP contribution in [0.1, 0.15) is 22.3 Å². The highest BCUT2D eigenvalue weighted by Gasteiger charge is 2.45. The van der Waals surface area contributed by atoms with Crippen molar-refractivity contribution in [2.45, 2.75) is 23.9 Å². The number of esters is 1. The minimum absolute atomic E-state index is 0.0814. The summed E-state index contributed by atoms with van der Waals surface area (Å²) in [6, 6.07) is 12.6. The highest BCUT2D eigenvalue weighted by atomic mass is 35.5. The highest BCUT2D eigenvalue weighted by molar-refractivity contribution is 8.14. The summed E-state index contributed by atoms with van der Waals surface area (Å²) in [4.78, 5) is 50.2. The summed E-state index contributed by atoms with van der Waals surface area (Å²) in [5.41, 5.74) is 0.412. The van der Waals surface area contributed by atoms with Crippen molar-refractivity contribution in [2.24, 2.45) is 0 Å². The number of alkyl halides is 1. The van der Waals surface area contributed by atoms with E-state index in [9.17, 15) is 24.5 Å². The third kappa shape index (κ3) is 5.38. The second kappa shape index (κ2) is 10.0. The van der Waals surface area contributed by atoms with Crippen LogP contribution in [-0.4, -0.2) is 51.8 Å². The van der Waals surface area contributed by atoms with Gasteiger partial charge in [0.1, 0.15) is 6.61 Å². The summed E-state index contributed by atoms with van der Waals surface area (Å²) < 4.78 is 5.14.